The minimum atomic E-state index is -0.142. The van der Waals surface area contributed by atoms with Crippen molar-refractivity contribution in [3.63, 3.8) is 0 Å². The summed E-state index contributed by atoms with van der Waals surface area (Å²) in [7, 11) is 0. The van der Waals surface area contributed by atoms with Crippen molar-refractivity contribution in [1.29, 1.82) is 0 Å². The van der Waals surface area contributed by atoms with Gasteiger partial charge >= 0.3 is 0 Å². The molecule has 1 amide bonds. The molecule has 1 N–H and O–H groups in total. The second kappa shape index (κ2) is 5.76. The summed E-state index contributed by atoms with van der Waals surface area (Å²) in [4.78, 5) is 22.3. The first-order chi connectivity index (χ1) is 11.2. The van der Waals surface area contributed by atoms with Crippen LogP contribution >= 0.6 is 0 Å². The molecule has 2 aromatic rings. The molecule has 0 radical (unpaired) electrons. The molecule has 0 bridgehead atoms. The maximum atomic E-state index is 12.3. The zero-order valence-corrected chi connectivity index (χ0v) is 15.5. The van der Waals surface area contributed by atoms with Crippen LogP contribution in [0.4, 0.5) is 0 Å². The lowest BCUT2D eigenvalue weighted by atomic mass is 10.1. The van der Waals surface area contributed by atoms with E-state index in [0.29, 0.717) is 6.42 Å². The van der Waals surface area contributed by atoms with Gasteiger partial charge in [-0.1, -0.05) is 0 Å². The summed E-state index contributed by atoms with van der Waals surface area (Å²) in [5, 5.41) is 4.57. The Kier molecular flexibility index (Phi) is 4.01. The van der Waals surface area contributed by atoms with Crippen LogP contribution in [0, 0.1) is 13.8 Å². The second-order valence-corrected chi connectivity index (χ2v) is 7.62. The molecule has 3 heterocycles. The minimum Gasteiger partial charge on any atom is -0.342 e. The van der Waals surface area contributed by atoms with Gasteiger partial charge in [0.25, 0.3) is 0 Å². The van der Waals surface area contributed by atoms with Gasteiger partial charge in [-0.05, 0) is 41.5 Å². The van der Waals surface area contributed by atoms with Crippen molar-refractivity contribution >= 4 is 5.91 Å². The molecule has 3 rings (SSSR count). The second-order valence-electron chi connectivity index (χ2n) is 7.62. The third-order valence-electron chi connectivity index (χ3n) is 4.87. The van der Waals surface area contributed by atoms with E-state index in [1.54, 1.807) is 0 Å². The standard InChI is InChI=1S/C18H27N5O/c1-7-23-12(3)16(11(2)21-23)14-9-19-17(20-14)13-8-15(24)22(10-13)18(4,5)6/h9,13H,7-8,10H2,1-6H3,(H,19,20)/t13-/m1/s1. The van der Waals surface area contributed by atoms with Gasteiger partial charge in [-0.15, -0.1) is 0 Å². The smallest absolute Gasteiger partial charge is 0.223 e. The van der Waals surface area contributed by atoms with Crippen LogP contribution in [0.25, 0.3) is 11.3 Å². The topological polar surface area (TPSA) is 66.8 Å². The number of hydrogen-bond acceptors (Lipinski definition) is 3. The lowest BCUT2D eigenvalue weighted by Crippen LogP contribution is -2.42. The van der Waals surface area contributed by atoms with Crippen LogP contribution in [-0.4, -0.2) is 42.6 Å². The molecule has 0 saturated carbocycles. The fraction of sp³-hybridized carbons (Fsp3) is 0.611. The van der Waals surface area contributed by atoms with Crippen molar-refractivity contribution in [3.05, 3.63) is 23.4 Å². The molecule has 6 nitrogen and oxygen atoms in total. The monoisotopic (exact) mass is 329 g/mol. The predicted octanol–water partition coefficient (Wildman–Crippen LogP) is 3.02. The van der Waals surface area contributed by atoms with Gasteiger partial charge < -0.3 is 9.88 Å². The van der Waals surface area contributed by atoms with Crippen molar-refractivity contribution in [2.24, 2.45) is 0 Å². The minimum absolute atomic E-state index is 0.132. The molecule has 1 atom stereocenters. The molecule has 0 aromatic carbocycles. The van der Waals surface area contributed by atoms with E-state index in [9.17, 15) is 4.79 Å². The van der Waals surface area contributed by atoms with Crippen LogP contribution in [0.2, 0.25) is 0 Å². The van der Waals surface area contributed by atoms with E-state index < -0.39 is 0 Å². The Morgan fingerprint density at radius 3 is 2.58 bits per heavy atom. The van der Waals surface area contributed by atoms with Gasteiger partial charge in [-0.3, -0.25) is 9.48 Å². The number of hydrogen-bond donors (Lipinski definition) is 1. The lowest BCUT2D eigenvalue weighted by molar-refractivity contribution is -0.131. The highest BCUT2D eigenvalue weighted by Gasteiger charge is 2.38. The number of aromatic nitrogens is 4. The van der Waals surface area contributed by atoms with Crippen LogP contribution < -0.4 is 0 Å². The Labute approximate surface area is 143 Å². The zero-order chi connectivity index (χ0) is 17.6. The van der Waals surface area contributed by atoms with Gasteiger partial charge in [0, 0.05) is 42.2 Å². The maximum Gasteiger partial charge on any atom is 0.223 e. The van der Waals surface area contributed by atoms with Crippen molar-refractivity contribution in [3.8, 4) is 11.3 Å². The molecule has 1 fully saturated rings. The van der Waals surface area contributed by atoms with Crippen molar-refractivity contribution < 1.29 is 4.79 Å². The van der Waals surface area contributed by atoms with Gasteiger partial charge in [0.15, 0.2) is 0 Å². The Balaban J connectivity index is 1.88. The predicted molar refractivity (Wildman–Crippen MR) is 93.8 cm³/mol. The number of carbonyl (C=O) groups excluding carboxylic acids is 1. The van der Waals surface area contributed by atoms with Crippen LogP contribution in [-0.2, 0) is 11.3 Å². The van der Waals surface area contributed by atoms with E-state index in [1.807, 2.05) is 22.7 Å². The molecule has 0 aliphatic carbocycles. The molecular formula is C18H27N5O. The van der Waals surface area contributed by atoms with E-state index in [1.165, 1.54) is 0 Å². The molecule has 0 spiro atoms. The zero-order valence-electron chi connectivity index (χ0n) is 15.5. The van der Waals surface area contributed by atoms with E-state index >= 15 is 0 Å². The molecular weight excluding hydrogens is 302 g/mol. The lowest BCUT2D eigenvalue weighted by Gasteiger charge is -2.31. The Hall–Kier alpha value is -2.11. The number of aromatic amines is 1. The van der Waals surface area contributed by atoms with Crippen LogP contribution in [0.5, 0.6) is 0 Å². The molecule has 1 saturated heterocycles. The Morgan fingerprint density at radius 2 is 2.04 bits per heavy atom. The number of carbonyl (C=O) groups is 1. The summed E-state index contributed by atoms with van der Waals surface area (Å²) in [5.74, 6) is 1.23. The molecule has 130 valence electrons. The molecule has 2 aromatic heterocycles. The van der Waals surface area contributed by atoms with Gasteiger partial charge in [0.2, 0.25) is 5.91 Å². The number of rotatable bonds is 3. The number of amides is 1. The fourth-order valence-electron chi connectivity index (χ4n) is 3.60. The van der Waals surface area contributed by atoms with Gasteiger partial charge in [-0.25, -0.2) is 4.98 Å². The van der Waals surface area contributed by atoms with Crippen LogP contribution in [0.15, 0.2) is 6.20 Å². The third-order valence-corrected chi connectivity index (χ3v) is 4.87. The van der Waals surface area contributed by atoms with E-state index in [-0.39, 0.29) is 17.4 Å². The maximum absolute atomic E-state index is 12.3. The molecule has 6 heteroatoms. The average molecular weight is 329 g/mol. The molecule has 1 aliphatic heterocycles. The Bertz CT molecular complexity index is 765. The van der Waals surface area contributed by atoms with Crippen molar-refractivity contribution in [2.45, 2.75) is 66.0 Å². The summed E-state index contributed by atoms with van der Waals surface area (Å²) in [6.07, 6.45) is 2.40. The first kappa shape index (κ1) is 16.7. The quantitative estimate of drug-likeness (QED) is 0.941. The summed E-state index contributed by atoms with van der Waals surface area (Å²) >= 11 is 0. The molecule has 24 heavy (non-hydrogen) atoms. The largest absolute Gasteiger partial charge is 0.342 e. The fourth-order valence-corrected chi connectivity index (χ4v) is 3.60. The summed E-state index contributed by atoms with van der Waals surface area (Å²) in [6, 6.07) is 0. The highest BCUT2D eigenvalue weighted by molar-refractivity contribution is 5.80. The summed E-state index contributed by atoms with van der Waals surface area (Å²) in [6.45, 7) is 14.0. The summed E-state index contributed by atoms with van der Waals surface area (Å²) < 4.78 is 2.01. The summed E-state index contributed by atoms with van der Waals surface area (Å²) in [5.41, 5.74) is 4.11. The van der Waals surface area contributed by atoms with E-state index in [0.717, 1.165) is 41.6 Å². The Morgan fingerprint density at radius 1 is 1.33 bits per heavy atom. The molecule has 1 aliphatic rings. The van der Waals surface area contributed by atoms with Gasteiger partial charge in [0.05, 0.1) is 17.6 Å². The molecule has 0 unspecified atom stereocenters. The number of nitrogens with zero attached hydrogens (tertiary/aromatic N) is 4. The number of imidazole rings is 1. The van der Waals surface area contributed by atoms with Gasteiger partial charge in [0.1, 0.15) is 5.82 Å². The SMILES string of the molecule is CCn1nc(C)c(-c2cnc([C@@H]3CC(=O)N(C(C)(C)C)C3)[nH]2)c1C. The highest BCUT2D eigenvalue weighted by Crippen LogP contribution is 2.33. The number of aryl methyl sites for hydroxylation is 2. The normalized spacial score (nSPS) is 18.7. The number of nitrogens with one attached hydrogen (secondary N) is 1. The number of H-pyrrole nitrogens is 1. The first-order valence-corrected chi connectivity index (χ1v) is 8.62. The van der Waals surface area contributed by atoms with Crippen LogP contribution in [0.1, 0.15) is 57.2 Å². The average Bonchev–Trinajstić information content (AvgIpc) is 3.16. The third kappa shape index (κ3) is 2.74. The van der Waals surface area contributed by atoms with E-state index in [4.69, 9.17) is 0 Å². The number of likely N-dealkylation sites (tertiary alicyclic amines) is 1. The van der Waals surface area contributed by atoms with Gasteiger partial charge in [-0.2, -0.15) is 5.10 Å². The van der Waals surface area contributed by atoms with Crippen molar-refractivity contribution in [1.82, 2.24) is 24.6 Å². The van der Waals surface area contributed by atoms with Crippen molar-refractivity contribution in [2.75, 3.05) is 6.54 Å². The first-order valence-electron chi connectivity index (χ1n) is 8.62. The highest BCUT2D eigenvalue weighted by atomic mass is 16.2. The van der Waals surface area contributed by atoms with E-state index in [2.05, 4.69) is 49.7 Å². The van der Waals surface area contributed by atoms with Crippen LogP contribution in [0.3, 0.4) is 0 Å².